The Morgan fingerprint density at radius 3 is 2.75 bits per heavy atom. The normalized spacial score (nSPS) is 22.6. The maximum atomic E-state index is 13.1. The highest BCUT2D eigenvalue weighted by Gasteiger charge is 2.32. The average Bonchev–Trinajstić information content (AvgIpc) is 3.33. The summed E-state index contributed by atoms with van der Waals surface area (Å²) in [7, 11) is 0. The second-order valence-electron chi connectivity index (χ2n) is 9.67. The summed E-state index contributed by atoms with van der Waals surface area (Å²) in [6, 6.07) is 1.66. The third-order valence-corrected chi connectivity index (χ3v) is 7.40. The van der Waals surface area contributed by atoms with Gasteiger partial charge in [0.2, 0.25) is 5.91 Å². The second-order valence-corrected chi connectivity index (χ2v) is 9.67. The van der Waals surface area contributed by atoms with E-state index in [0.29, 0.717) is 18.9 Å². The van der Waals surface area contributed by atoms with Crippen LogP contribution in [-0.4, -0.2) is 55.1 Å². The number of rotatable bonds is 5. The summed E-state index contributed by atoms with van der Waals surface area (Å²) in [5, 5.41) is 4.16. The van der Waals surface area contributed by atoms with Gasteiger partial charge in [-0.3, -0.25) is 19.2 Å². The minimum atomic E-state index is -0.162. The molecule has 0 aromatic carbocycles. The molecular weight excluding hydrogens is 404 g/mol. The molecule has 1 amide bonds. The summed E-state index contributed by atoms with van der Waals surface area (Å²) < 4.78 is 1.65. The fraction of sp³-hybridized carbons (Fsp3) is 0.667. The predicted octanol–water partition coefficient (Wildman–Crippen LogP) is 2.66. The van der Waals surface area contributed by atoms with Gasteiger partial charge in [0.1, 0.15) is 12.4 Å². The maximum Gasteiger partial charge on any atom is 0.255 e. The predicted molar refractivity (Wildman–Crippen MR) is 121 cm³/mol. The van der Waals surface area contributed by atoms with Crippen LogP contribution < -0.4 is 5.56 Å². The standard InChI is InChI=1S/C24H34N6O2/c31-22(17-29-12-6-11-25-29)30-13-5-4-9-21(30)23-26-20-10-14-28(16-19(20)24(32)27-23)15-18-7-2-1-3-8-18/h6,11-12,18,21H,1-5,7-10,13-17H2,(H,26,27,32). The molecule has 1 N–H and O–H groups in total. The molecule has 2 fully saturated rings. The van der Waals surface area contributed by atoms with E-state index in [0.717, 1.165) is 55.9 Å². The number of nitrogens with one attached hydrogen (secondary N) is 1. The summed E-state index contributed by atoms with van der Waals surface area (Å²) in [5.41, 5.74) is 1.72. The van der Waals surface area contributed by atoms with Gasteiger partial charge < -0.3 is 9.88 Å². The van der Waals surface area contributed by atoms with Gasteiger partial charge in [0.05, 0.1) is 17.3 Å². The molecular formula is C24H34N6O2. The number of fused-ring (bicyclic) bond motifs is 1. The molecule has 2 aliphatic heterocycles. The molecule has 2 aromatic rings. The fourth-order valence-corrected chi connectivity index (χ4v) is 5.69. The number of aromatic amines is 1. The third kappa shape index (κ3) is 4.65. The van der Waals surface area contributed by atoms with Crippen molar-refractivity contribution >= 4 is 5.91 Å². The van der Waals surface area contributed by atoms with Crippen LogP contribution in [0.2, 0.25) is 0 Å². The van der Waals surface area contributed by atoms with Crippen molar-refractivity contribution in [2.45, 2.75) is 76.9 Å². The van der Waals surface area contributed by atoms with E-state index in [1.807, 2.05) is 11.0 Å². The topological polar surface area (TPSA) is 87.1 Å². The molecule has 8 nitrogen and oxygen atoms in total. The Bertz CT molecular complexity index is 979. The monoisotopic (exact) mass is 438 g/mol. The van der Waals surface area contributed by atoms with Gasteiger partial charge in [-0.25, -0.2) is 4.98 Å². The molecule has 1 aliphatic carbocycles. The van der Waals surface area contributed by atoms with Gasteiger partial charge in [-0.1, -0.05) is 19.3 Å². The lowest BCUT2D eigenvalue weighted by molar-refractivity contribution is -0.136. The van der Waals surface area contributed by atoms with Crippen molar-refractivity contribution < 1.29 is 4.79 Å². The van der Waals surface area contributed by atoms with Crippen molar-refractivity contribution in [3.8, 4) is 0 Å². The van der Waals surface area contributed by atoms with Crippen molar-refractivity contribution in [1.82, 2.24) is 29.5 Å². The fourth-order valence-electron chi connectivity index (χ4n) is 5.69. The molecule has 0 spiro atoms. The summed E-state index contributed by atoms with van der Waals surface area (Å²) in [6.45, 7) is 3.67. The zero-order chi connectivity index (χ0) is 21.9. The largest absolute Gasteiger partial charge is 0.331 e. The first-order chi connectivity index (χ1) is 15.7. The number of aromatic nitrogens is 4. The molecule has 32 heavy (non-hydrogen) atoms. The van der Waals surface area contributed by atoms with Crippen LogP contribution in [0.4, 0.5) is 0 Å². The SMILES string of the molecule is O=C(Cn1cccn1)N1CCCCC1c1nc2c(c(=O)[nH]1)CN(CC1CCCCC1)CC2. The summed E-state index contributed by atoms with van der Waals surface area (Å²) in [5.74, 6) is 1.45. The number of carbonyl (C=O) groups excluding carboxylic acids is 1. The smallest absolute Gasteiger partial charge is 0.255 e. The Kier molecular flexibility index (Phi) is 6.39. The zero-order valence-electron chi connectivity index (χ0n) is 18.8. The highest BCUT2D eigenvalue weighted by atomic mass is 16.2. The van der Waals surface area contributed by atoms with Gasteiger partial charge in [0.25, 0.3) is 5.56 Å². The van der Waals surface area contributed by atoms with E-state index in [-0.39, 0.29) is 24.1 Å². The Morgan fingerprint density at radius 1 is 1.09 bits per heavy atom. The summed E-state index contributed by atoms with van der Waals surface area (Å²) in [4.78, 5) is 38.3. The quantitative estimate of drug-likeness (QED) is 0.776. The molecule has 1 unspecified atom stereocenters. The van der Waals surface area contributed by atoms with Crippen LogP contribution >= 0.6 is 0 Å². The minimum Gasteiger partial charge on any atom is -0.331 e. The molecule has 8 heteroatoms. The number of nitrogens with zero attached hydrogens (tertiary/aromatic N) is 5. The van der Waals surface area contributed by atoms with Gasteiger partial charge in [-0.15, -0.1) is 0 Å². The minimum absolute atomic E-state index is 0.0246. The lowest BCUT2D eigenvalue weighted by Crippen LogP contribution is -2.43. The second kappa shape index (κ2) is 9.57. The van der Waals surface area contributed by atoms with Crippen molar-refractivity contribution in [1.29, 1.82) is 0 Å². The van der Waals surface area contributed by atoms with Gasteiger partial charge in [0.15, 0.2) is 0 Å². The molecule has 0 radical (unpaired) electrons. The summed E-state index contributed by atoms with van der Waals surface area (Å²) >= 11 is 0. The Labute approximate surface area is 189 Å². The number of H-pyrrole nitrogens is 1. The Morgan fingerprint density at radius 2 is 1.94 bits per heavy atom. The lowest BCUT2D eigenvalue weighted by Gasteiger charge is -2.36. The highest BCUT2D eigenvalue weighted by Crippen LogP contribution is 2.30. The molecule has 1 saturated heterocycles. The van der Waals surface area contributed by atoms with Crippen LogP contribution in [0.5, 0.6) is 0 Å². The van der Waals surface area contributed by atoms with Crippen LogP contribution in [0.25, 0.3) is 0 Å². The molecule has 172 valence electrons. The lowest BCUT2D eigenvalue weighted by atomic mass is 9.88. The maximum absolute atomic E-state index is 13.1. The molecule has 0 bridgehead atoms. The molecule has 2 aromatic heterocycles. The van der Waals surface area contributed by atoms with E-state index >= 15 is 0 Å². The van der Waals surface area contributed by atoms with Crippen LogP contribution in [0.3, 0.4) is 0 Å². The van der Waals surface area contributed by atoms with E-state index < -0.39 is 0 Å². The average molecular weight is 439 g/mol. The number of hydrogen-bond acceptors (Lipinski definition) is 5. The zero-order valence-corrected chi connectivity index (χ0v) is 18.8. The van der Waals surface area contributed by atoms with Crippen molar-refractivity contribution in [3.63, 3.8) is 0 Å². The molecule has 1 saturated carbocycles. The van der Waals surface area contributed by atoms with Crippen LogP contribution in [-0.2, 0) is 24.3 Å². The number of amides is 1. The Balaban J connectivity index is 1.31. The van der Waals surface area contributed by atoms with Crippen molar-refractivity contribution in [3.05, 3.63) is 45.9 Å². The Hall–Kier alpha value is -2.48. The molecule has 1 atom stereocenters. The van der Waals surface area contributed by atoms with E-state index in [1.54, 1.807) is 17.1 Å². The van der Waals surface area contributed by atoms with Crippen LogP contribution in [0.1, 0.15) is 74.5 Å². The van der Waals surface area contributed by atoms with Gasteiger partial charge in [-0.2, -0.15) is 5.10 Å². The first kappa shape index (κ1) is 21.4. The van der Waals surface area contributed by atoms with Crippen molar-refractivity contribution in [2.24, 2.45) is 5.92 Å². The molecule has 5 rings (SSSR count). The van der Waals surface area contributed by atoms with Gasteiger partial charge >= 0.3 is 0 Å². The van der Waals surface area contributed by atoms with Crippen LogP contribution in [0.15, 0.2) is 23.3 Å². The van der Waals surface area contributed by atoms with Crippen molar-refractivity contribution in [2.75, 3.05) is 19.6 Å². The van der Waals surface area contributed by atoms with Gasteiger partial charge in [-0.05, 0) is 44.1 Å². The van der Waals surface area contributed by atoms with Gasteiger partial charge in [0, 0.05) is 45.0 Å². The number of carbonyl (C=O) groups is 1. The molecule has 3 aliphatic rings. The first-order valence-corrected chi connectivity index (χ1v) is 12.3. The third-order valence-electron chi connectivity index (χ3n) is 7.40. The van der Waals surface area contributed by atoms with E-state index in [2.05, 4.69) is 15.0 Å². The number of piperidine rings is 1. The van der Waals surface area contributed by atoms with E-state index in [1.165, 1.54) is 32.1 Å². The number of hydrogen-bond donors (Lipinski definition) is 1. The van der Waals surface area contributed by atoms with E-state index in [4.69, 9.17) is 4.98 Å². The van der Waals surface area contributed by atoms with E-state index in [9.17, 15) is 9.59 Å². The highest BCUT2D eigenvalue weighted by molar-refractivity contribution is 5.76. The first-order valence-electron chi connectivity index (χ1n) is 12.3. The molecule has 4 heterocycles. The van der Waals surface area contributed by atoms with Crippen LogP contribution in [0, 0.1) is 5.92 Å². The summed E-state index contributed by atoms with van der Waals surface area (Å²) in [6.07, 6.45) is 13.8. The number of likely N-dealkylation sites (tertiary alicyclic amines) is 1.